The van der Waals surface area contributed by atoms with Crippen LogP contribution in [-0.4, -0.2) is 17.7 Å². The molecule has 0 aliphatic heterocycles. The van der Waals surface area contributed by atoms with Crippen LogP contribution in [0, 0.1) is 12.7 Å². The van der Waals surface area contributed by atoms with Crippen LogP contribution in [0.1, 0.15) is 43.4 Å². The lowest BCUT2D eigenvalue weighted by atomic mass is 10.0. The number of esters is 1. The zero-order valence-corrected chi connectivity index (χ0v) is 10.8. The first kappa shape index (κ1) is 14.6. The van der Waals surface area contributed by atoms with Crippen molar-refractivity contribution in [2.45, 2.75) is 39.2 Å². The van der Waals surface area contributed by atoms with Crippen LogP contribution in [-0.2, 0) is 9.53 Å². The molecule has 1 N–H and O–H groups in total. The van der Waals surface area contributed by atoms with E-state index in [1.54, 1.807) is 13.0 Å². The van der Waals surface area contributed by atoms with Gasteiger partial charge in [0.1, 0.15) is 5.82 Å². The molecule has 1 unspecified atom stereocenters. The number of aryl methyl sites for hydroxylation is 1. The Labute approximate surface area is 107 Å². The summed E-state index contributed by atoms with van der Waals surface area (Å²) in [6, 6.07) is 4.45. The molecule has 0 saturated carbocycles. The highest BCUT2D eigenvalue weighted by atomic mass is 19.1. The Bertz CT molecular complexity index is 404. The van der Waals surface area contributed by atoms with Gasteiger partial charge in [-0.1, -0.05) is 19.1 Å². The van der Waals surface area contributed by atoms with Crippen LogP contribution in [0.3, 0.4) is 0 Å². The minimum absolute atomic E-state index is 0.164. The Balaban J connectivity index is 2.47. The van der Waals surface area contributed by atoms with E-state index in [-0.39, 0.29) is 24.6 Å². The Kier molecular flexibility index (Phi) is 5.78. The van der Waals surface area contributed by atoms with Crippen molar-refractivity contribution < 1.29 is 19.0 Å². The van der Waals surface area contributed by atoms with Crippen LogP contribution in [0.2, 0.25) is 0 Å². The molecule has 1 atom stereocenters. The molecule has 100 valence electrons. The van der Waals surface area contributed by atoms with Crippen LogP contribution >= 0.6 is 0 Å². The standard InChI is InChI=1S/C14H19FO3/c1-3-8-18-14(17)7-6-13(16)11-4-5-12(15)10(2)9-11/h4-5,9,13,16H,3,6-8H2,1-2H3. The number of aliphatic hydroxyl groups is 1. The number of aliphatic hydroxyl groups excluding tert-OH is 1. The van der Waals surface area contributed by atoms with E-state index in [9.17, 15) is 14.3 Å². The second kappa shape index (κ2) is 7.11. The fraction of sp³-hybridized carbons (Fsp3) is 0.500. The minimum Gasteiger partial charge on any atom is -0.466 e. The van der Waals surface area contributed by atoms with E-state index in [0.717, 1.165) is 6.42 Å². The molecule has 4 heteroatoms. The van der Waals surface area contributed by atoms with Gasteiger partial charge in [-0.15, -0.1) is 0 Å². The Morgan fingerprint density at radius 3 is 2.83 bits per heavy atom. The van der Waals surface area contributed by atoms with Gasteiger partial charge in [0.25, 0.3) is 0 Å². The highest BCUT2D eigenvalue weighted by Crippen LogP contribution is 2.20. The van der Waals surface area contributed by atoms with Crippen molar-refractivity contribution in [2.24, 2.45) is 0 Å². The zero-order valence-electron chi connectivity index (χ0n) is 10.8. The average Bonchev–Trinajstić information content (AvgIpc) is 2.36. The molecule has 0 fully saturated rings. The number of ether oxygens (including phenoxy) is 1. The van der Waals surface area contributed by atoms with Gasteiger partial charge in [0.2, 0.25) is 0 Å². The molecule has 0 aliphatic rings. The summed E-state index contributed by atoms with van der Waals surface area (Å²) in [4.78, 5) is 11.3. The Morgan fingerprint density at radius 2 is 2.22 bits per heavy atom. The monoisotopic (exact) mass is 254 g/mol. The van der Waals surface area contributed by atoms with Crippen LogP contribution in [0.25, 0.3) is 0 Å². The molecule has 0 heterocycles. The third-order valence-electron chi connectivity index (χ3n) is 2.66. The van der Waals surface area contributed by atoms with E-state index in [1.165, 1.54) is 12.1 Å². The third-order valence-corrected chi connectivity index (χ3v) is 2.66. The summed E-state index contributed by atoms with van der Waals surface area (Å²) in [6.45, 7) is 3.97. The topological polar surface area (TPSA) is 46.5 Å². The number of halogens is 1. The fourth-order valence-corrected chi connectivity index (χ4v) is 1.58. The minimum atomic E-state index is -0.765. The third kappa shape index (κ3) is 4.45. The molecule has 3 nitrogen and oxygen atoms in total. The van der Waals surface area contributed by atoms with Gasteiger partial charge in [-0.25, -0.2) is 4.39 Å². The van der Waals surface area contributed by atoms with Crippen LogP contribution in [0.5, 0.6) is 0 Å². The van der Waals surface area contributed by atoms with E-state index in [1.807, 2.05) is 6.92 Å². The smallest absolute Gasteiger partial charge is 0.305 e. The number of hydrogen-bond acceptors (Lipinski definition) is 3. The van der Waals surface area contributed by atoms with E-state index >= 15 is 0 Å². The van der Waals surface area contributed by atoms with Crippen LogP contribution < -0.4 is 0 Å². The molecule has 0 saturated heterocycles. The summed E-state index contributed by atoms with van der Waals surface area (Å²) in [5.41, 5.74) is 1.11. The van der Waals surface area contributed by atoms with Gasteiger partial charge < -0.3 is 9.84 Å². The molecule has 0 amide bonds. The molecule has 0 radical (unpaired) electrons. The zero-order chi connectivity index (χ0) is 13.5. The molecular weight excluding hydrogens is 235 g/mol. The van der Waals surface area contributed by atoms with Crippen molar-refractivity contribution in [3.8, 4) is 0 Å². The second-order valence-corrected chi connectivity index (χ2v) is 4.28. The number of rotatable bonds is 6. The molecule has 1 rings (SSSR count). The summed E-state index contributed by atoms with van der Waals surface area (Å²) in [5, 5.41) is 9.88. The van der Waals surface area contributed by atoms with Crippen molar-refractivity contribution in [3.63, 3.8) is 0 Å². The predicted molar refractivity (Wildman–Crippen MR) is 66.6 cm³/mol. The van der Waals surface area contributed by atoms with Gasteiger partial charge in [-0.3, -0.25) is 4.79 Å². The Morgan fingerprint density at radius 1 is 1.50 bits per heavy atom. The molecule has 1 aromatic carbocycles. The Hall–Kier alpha value is -1.42. The largest absolute Gasteiger partial charge is 0.466 e. The lowest BCUT2D eigenvalue weighted by Gasteiger charge is -2.11. The maximum atomic E-state index is 13.1. The normalized spacial score (nSPS) is 12.2. The van der Waals surface area contributed by atoms with Gasteiger partial charge in [0.15, 0.2) is 0 Å². The first-order valence-electron chi connectivity index (χ1n) is 6.14. The molecule has 0 aromatic heterocycles. The van der Waals surface area contributed by atoms with Gasteiger partial charge in [0, 0.05) is 6.42 Å². The highest BCUT2D eigenvalue weighted by molar-refractivity contribution is 5.69. The van der Waals surface area contributed by atoms with Crippen LogP contribution in [0.15, 0.2) is 18.2 Å². The first-order valence-corrected chi connectivity index (χ1v) is 6.14. The van der Waals surface area contributed by atoms with Crippen molar-refractivity contribution in [2.75, 3.05) is 6.61 Å². The fourth-order valence-electron chi connectivity index (χ4n) is 1.58. The number of hydrogen-bond donors (Lipinski definition) is 1. The van der Waals surface area contributed by atoms with E-state index in [0.29, 0.717) is 17.7 Å². The predicted octanol–water partition coefficient (Wildman–Crippen LogP) is 2.90. The van der Waals surface area contributed by atoms with Crippen molar-refractivity contribution in [1.82, 2.24) is 0 Å². The molecule has 0 aliphatic carbocycles. The lowest BCUT2D eigenvalue weighted by molar-refractivity contribution is -0.144. The second-order valence-electron chi connectivity index (χ2n) is 4.28. The van der Waals surface area contributed by atoms with E-state index in [2.05, 4.69) is 0 Å². The summed E-state index contributed by atoms with van der Waals surface area (Å²) in [5.74, 6) is -0.608. The average molecular weight is 254 g/mol. The van der Waals surface area contributed by atoms with Crippen molar-refractivity contribution in [3.05, 3.63) is 35.1 Å². The molecular formula is C14H19FO3. The number of benzene rings is 1. The van der Waals surface area contributed by atoms with E-state index < -0.39 is 6.10 Å². The van der Waals surface area contributed by atoms with Gasteiger partial charge in [-0.2, -0.15) is 0 Å². The highest BCUT2D eigenvalue weighted by Gasteiger charge is 2.12. The number of carbonyl (C=O) groups excluding carboxylic acids is 1. The van der Waals surface area contributed by atoms with Crippen molar-refractivity contribution in [1.29, 1.82) is 0 Å². The molecule has 18 heavy (non-hydrogen) atoms. The summed E-state index contributed by atoms with van der Waals surface area (Å²) < 4.78 is 18.0. The lowest BCUT2D eigenvalue weighted by Crippen LogP contribution is -2.08. The van der Waals surface area contributed by atoms with E-state index in [4.69, 9.17) is 4.74 Å². The number of carbonyl (C=O) groups is 1. The van der Waals surface area contributed by atoms with Gasteiger partial charge in [0.05, 0.1) is 12.7 Å². The maximum absolute atomic E-state index is 13.1. The molecule has 1 aromatic rings. The maximum Gasteiger partial charge on any atom is 0.305 e. The summed E-state index contributed by atoms with van der Waals surface area (Å²) in [6.07, 6.45) is 0.467. The van der Waals surface area contributed by atoms with Gasteiger partial charge in [-0.05, 0) is 37.0 Å². The molecule has 0 spiro atoms. The summed E-state index contributed by atoms with van der Waals surface area (Å²) >= 11 is 0. The van der Waals surface area contributed by atoms with Crippen LogP contribution in [0.4, 0.5) is 4.39 Å². The summed E-state index contributed by atoms with van der Waals surface area (Å²) in [7, 11) is 0. The first-order chi connectivity index (χ1) is 8.54. The SMILES string of the molecule is CCCOC(=O)CCC(O)c1ccc(F)c(C)c1. The van der Waals surface area contributed by atoms with Crippen molar-refractivity contribution >= 4 is 5.97 Å². The molecule has 0 bridgehead atoms. The quantitative estimate of drug-likeness (QED) is 0.794. The van der Waals surface area contributed by atoms with Gasteiger partial charge >= 0.3 is 5.97 Å².